The molecule has 4 aromatic heterocycles. The lowest BCUT2D eigenvalue weighted by Gasteiger charge is -2.15. The van der Waals surface area contributed by atoms with Crippen LogP contribution in [-0.2, 0) is 28.2 Å². The van der Waals surface area contributed by atoms with Crippen molar-refractivity contribution in [3.8, 4) is 17.0 Å². The maximum absolute atomic E-state index is 13.4. The molecule has 0 amide bonds. The predicted octanol–water partition coefficient (Wildman–Crippen LogP) is 0.797. The van der Waals surface area contributed by atoms with Gasteiger partial charge in [-0.15, -0.1) is 0 Å². The van der Waals surface area contributed by atoms with Crippen molar-refractivity contribution >= 4 is 33.0 Å². The van der Waals surface area contributed by atoms with Gasteiger partial charge in [-0.25, -0.2) is 19.6 Å². The number of rotatable bonds is 3. The highest BCUT2D eigenvalue weighted by atomic mass is 16.5. The highest BCUT2D eigenvalue weighted by molar-refractivity contribution is 6.07. The van der Waals surface area contributed by atoms with Crippen LogP contribution >= 0.6 is 0 Å². The van der Waals surface area contributed by atoms with E-state index in [1.54, 1.807) is 18.2 Å². The minimum Gasteiger partial charge on any atom is -0.494 e. The van der Waals surface area contributed by atoms with Gasteiger partial charge in [0, 0.05) is 39.1 Å². The molecule has 0 aliphatic carbocycles. The van der Waals surface area contributed by atoms with Crippen LogP contribution in [0.15, 0.2) is 49.5 Å². The zero-order valence-electron chi connectivity index (χ0n) is 19.8. The van der Waals surface area contributed by atoms with Crippen LogP contribution in [0.4, 0.5) is 0 Å². The Hall–Kier alpha value is -4.54. The summed E-state index contributed by atoms with van der Waals surface area (Å²) in [5, 5.41) is 0.939. The van der Waals surface area contributed by atoms with E-state index in [1.165, 1.54) is 37.3 Å². The smallest absolute Gasteiger partial charge is 0.332 e. The zero-order valence-corrected chi connectivity index (χ0v) is 19.8. The second-order valence-electron chi connectivity index (χ2n) is 8.28. The molecule has 11 heteroatoms. The summed E-state index contributed by atoms with van der Waals surface area (Å²) in [5.41, 5.74) is -1.11. The van der Waals surface area contributed by atoms with Gasteiger partial charge in [-0.3, -0.25) is 27.9 Å². The van der Waals surface area contributed by atoms with Crippen LogP contribution < -0.4 is 27.2 Å². The van der Waals surface area contributed by atoms with Gasteiger partial charge in [0.05, 0.1) is 28.6 Å². The minimum atomic E-state index is -0.614. The summed E-state index contributed by atoms with van der Waals surface area (Å²) in [4.78, 5) is 61.2. The number of benzene rings is 1. The molecule has 0 saturated carbocycles. The molecular weight excluding hydrogens is 452 g/mol. The second-order valence-corrected chi connectivity index (χ2v) is 8.28. The van der Waals surface area contributed by atoms with Crippen molar-refractivity contribution in [3.05, 3.63) is 72.0 Å². The maximum Gasteiger partial charge on any atom is 0.332 e. The van der Waals surface area contributed by atoms with Crippen molar-refractivity contribution in [2.24, 2.45) is 28.2 Å². The first-order chi connectivity index (χ1) is 16.6. The molecule has 0 saturated heterocycles. The maximum atomic E-state index is 13.4. The Morgan fingerprint density at radius 3 is 1.86 bits per heavy atom. The molecule has 178 valence electrons. The summed E-state index contributed by atoms with van der Waals surface area (Å²) in [6.07, 6.45) is 0. The molecule has 0 N–H and O–H groups in total. The third-order valence-electron chi connectivity index (χ3n) is 6.21. The highest BCUT2D eigenvalue weighted by Crippen LogP contribution is 2.31. The third-order valence-corrected chi connectivity index (χ3v) is 6.21. The summed E-state index contributed by atoms with van der Waals surface area (Å²) in [6, 6.07) is 8.94. The van der Waals surface area contributed by atoms with E-state index in [-0.39, 0.29) is 27.6 Å². The zero-order chi connectivity index (χ0) is 25.2. The number of fused-ring (bicyclic) bond motifs is 3. The number of ether oxygens (including phenoxy) is 1. The van der Waals surface area contributed by atoms with E-state index in [0.717, 1.165) is 14.5 Å². The van der Waals surface area contributed by atoms with E-state index in [4.69, 9.17) is 9.72 Å². The van der Waals surface area contributed by atoms with E-state index in [9.17, 15) is 19.2 Å². The fraction of sp³-hybridized carbons (Fsp3) is 0.250. The van der Waals surface area contributed by atoms with Gasteiger partial charge in [0.25, 0.3) is 11.1 Å². The highest BCUT2D eigenvalue weighted by Gasteiger charge is 2.24. The Morgan fingerprint density at radius 2 is 1.31 bits per heavy atom. The molecule has 5 aromatic rings. The summed E-state index contributed by atoms with van der Waals surface area (Å²) in [6.45, 7) is 2.42. The molecule has 0 atom stereocenters. The van der Waals surface area contributed by atoms with Crippen LogP contribution in [0, 0.1) is 0 Å². The summed E-state index contributed by atoms with van der Waals surface area (Å²) >= 11 is 0. The Labute approximate surface area is 197 Å². The molecule has 0 bridgehead atoms. The van der Waals surface area contributed by atoms with Crippen LogP contribution in [-0.4, -0.2) is 34.8 Å². The number of hydrogen-bond acceptors (Lipinski definition) is 7. The van der Waals surface area contributed by atoms with E-state index < -0.39 is 22.5 Å². The van der Waals surface area contributed by atoms with E-state index >= 15 is 0 Å². The molecule has 0 unspecified atom stereocenters. The second kappa shape index (κ2) is 7.76. The minimum absolute atomic E-state index is 0.0532. The molecule has 1 aromatic carbocycles. The average molecular weight is 474 g/mol. The van der Waals surface area contributed by atoms with Gasteiger partial charge < -0.3 is 4.74 Å². The van der Waals surface area contributed by atoms with Crippen molar-refractivity contribution in [2.45, 2.75) is 6.92 Å². The van der Waals surface area contributed by atoms with Gasteiger partial charge in [0.1, 0.15) is 5.75 Å². The molecule has 11 nitrogen and oxygen atoms in total. The molecule has 35 heavy (non-hydrogen) atoms. The van der Waals surface area contributed by atoms with Gasteiger partial charge in [-0.2, -0.15) is 0 Å². The van der Waals surface area contributed by atoms with Gasteiger partial charge in [-0.1, -0.05) is 6.07 Å². The van der Waals surface area contributed by atoms with Crippen LogP contribution in [0.5, 0.6) is 5.75 Å². The lowest BCUT2D eigenvalue weighted by atomic mass is 10.0. The average Bonchev–Trinajstić information content (AvgIpc) is 2.86. The largest absolute Gasteiger partial charge is 0.494 e. The van der Waals surface area contributed by atoms with E-state index in [0.29, 0.717) is 23.6 Å². The lowest BCUT2D eigenvalue weighted by Crippen LogP contribution is -2.40. The number of aromatic nitrogens is 6. The van der Waals surface area contributed by atoms with E-state index in [2.05, 4.69) is 4.98 Å². The van der Waals surface area contributed by atoms with Crippen LogP contribution in [0.2, 0.25) is 0 Å². The van der Waals surface area contributed by atoms with Crippen molar-refractivity contribution < 1.29 is 4.74 Å². The molecule has 4 heterocycles. The van der Waals surface area contributed by atoms with Gasteiger partial charge in [-0.05, 0) is 31.2 Å². The lowest BCUT2D eigenvalue weighted by molar-refractivity contribution is 0.340. The van der Waals surface area contributed by atoms with Crippen molar-refractivity contribution in [1.82, 2.24) is 28.2 Å². The molecule has 0 spiro atoms. The number of nitrogens with zero attached hydrogens (tertiary/aromatic N) is 6. The van der Waals surface area contributed by atoms with Gasteiger partial charge >= 0.3 is 11.4 Å². The van der Waals surface area contributed by atoms with Crippen LogP contribution in [0.1, 0.15) is 6.92 Å². The normalized spacial score (nSPS) is 11.6. The molecule has 5 rings (SSSR count). The van der Waals surface area contributed by atoms with Gasteiger partial charge in [0.15, 0.2) is 11.3 Å². The quantitative estimate of drug-likeness (QED) is 0.354. The summed E-state index contributed by atoms with van der Waals surface area (Å²) in [7, 11) is 5.68. The van der Waals surface area contributed by atoms with Crippen molar-refractivity contribution in [1.29, 1.82) is 0 Å². The molecule has 0 aliphatic heterocycles. The standard InChI is InChI=1S/C24H22N6O5/c1-6-35-13-8-10-14-12(11-13)7-9-15(25-14)16-17-19(27(2)23(33)29(4)21(17)31)26-20-18(16)22(32)30(5)24(34)28(20)3/h7-11H,6H2,1-5H3. The Kier molecular flexibility index (Phi) is 4.93. The van der Waals surface area contributed by atoms with Crippen LogP contribution in [0.25, 0.3) is 44.2 Å². The fourth-order valence-electron chi connectivity index (χ4n) is 4.35. The summed E-state index contributed by atoms with van der Waals surface area (Å²) < 4.78 is 9.92. The molecule has 0 fully saturated rings. The fourth-order valence-corrected chi connectivity index (χ4v) is 4.35. The Bertz CT molecular complexity index is 1850. The predicted molar refractivity (Wildman–Crippen MR) is 132 cm³/mol. The topological polar surface area (TPSA) is 123 Å². The third kappa shape index (κ3) is 3.11. The Balaban J connectivity index is 2.04. The number of hydrogen-bond donors (Lipinski definition) is 0. The van der Waals surface area contributed by atoms with Crippen molar-refractivity contribution in [3.63, 3.8) is 0 Å². The Morgan fingerprint density at radius 1 is 0.743 bits per heavy atom. The first-order valence-corrected chi connectivity index (χ1v) is 10.9. The van der Waals surface area contributed by atoms with E-state index in [1.807, 2.05) is 19.1 Å². The first-order valence-electron chi connectivity index (χ1n) is 10.9. The van der Waals surface area contributed by atoms with Crippen molar-refractivity contribution in [2.75, 3.05) is 6.61 Å². The first kappa shape index (κ1) is 22.3. The SMILES string of the molecule is CCOc1ccc2nc(-c3c4c(=O)n(C)c(=O)n(C)c4nc4c3c(=O)n(C)c(=O)n4C)ccc2c1. The summed E-state index contributed by atoms with van der Waals surface area (Å²) in [5.74, 6) is 0.696. The number of pyridine rings is 2. The molecular formula is C24H22N6O5. The molecule has 0 aliphatic rings. The van der Waals surface area contributed by atoms with Crippen LogP contribution in [0.3, 0.4) is 0 Å². The monoisotopic (exact) mass is 474 g/mol. The molecule has 0 radical (unpaired) electrons. The number of aryl methyl sites for hydroxylation is 2. The van der Waals surface area contributed by atoms with Gasteiger partial charge in [0.2, 0.25) is 0 Å².